The second-order valence-corrected chi connectivity index (χ2v) is 6.39. The van der Waals surface area contributed by atoms with Gasteiger partial charge in [-0.15, -0.1) is 0 Å². The van der Waals surface area contributed by atoms with E-state index in [4.69, 9.17) is 17.0 Å². The number of hydrogen-bond acceptors (Lipinski definition) is 3. The number of aryl methyl sites for hydroxylation is 2. The Labute approximate surface area is 148 Å². The van der Waals surface area contributed by atoms with E-state index in [1.54, 1.807) is 26.8 Å². The van der Waals surface area contributed by atoms with Crippen molar-refractivity contribution in [2.75, 3.05) is 0 Å². The van der Waals surface area contributed by atoms with Gasteiger partial charge in [-0.2, -0.15) is 0 Å². The standard InChI is InChI=1S/C18H16ClN5O/c1-22-13-8-4-3-7-12(13)21-17(22)15(25)10-24-14-9-5-6-11(19)16(14)23(2)18(24)20/h3-9,20H,10H2,1-2H3. The quantitative estimate of drug-likeness (QED) is 0.575. The molecule has 2 heterocycles. The number of ketones is 1. The molecule has 2 aromatic carbocycles. The minimum Gasteiger partial charge on any atom is -0.325 e. The SMILES string of the molecule is Cn1c(C(=O)Cn2c(=N)n(C)c3c(Cl)cccc32)nc2ccccc21. The maximum atomic E-state index is 12.9. The molecule has 4 aromatic rings. The molecule has 0 amide bonds. The number of carbonyl (C=O) groups excluding carboxylic acids is 1. The first-order chi connectivity index (χ1) is 12.0. The van der Waals surface area contributed by atoms with E-state index >= 15 is 0 Å². The highest BCUT2D eigenvalue weighted by Crippen LogP contribution is 2.22. The third-order valence-electron chi connectivity index (χ3n) is 4.50. The molecule has 7 heteroatoms. The van der Waals surface area contributed by atoms with Crippen molar-refractivity contribution in [1.29, 1.82) is 5.41 Å². The molecule has 0 saturated heterocycles. The highest BCUT2D eigenvalue weighted by Gasteiger charge is 2.19. The number of halogens is 1. The number of carbonyl (C=O) groups is 1. The fourth-order valence-electron chi connectivity index (χ4n) is 3.22. The van der Waals surface area contributed by atoms with Gasteiger partial charge in [-0.3, -0.25) is 10.2 Å². The Hall–Kier alpha value is -2.86. The van der Waals surface area contributed by atoms with Crippen LogP contribution in [0.25, 0.3) is 22.1 Å². The predicted molar refractivity (Wildman–Crippen MR) is 96.8 cm³/mol. The van der Waals surface area contributed by atoms with Crippen molar-refractivity contribution >= 4 is 39.5 Å². The van der Waals surface area contributed by atoms with Crippen LogP contribution in [0.15, 0.2) is 42.5 Å². The zero-order chi connectivity index (χ0) is 17.7. The molecule has 0 radical (unpaired) electrons. The number of imidazole rings is 2. The second kappa shape index (κ2) is 5.60. The van der Waals surface area contributed by atoms with E-state index in [1.165, 1.54) is 0 Å². The largest absolute Gasteiger partial charge is 0.325 e. The minimum absolute atomic E-state index is 0.0354. The molecule has 0 atom stereocenters. The molecule has 0 saturated carbocycles. The van der Waals surface area contributed by atoms with E-state index < -0.39 is 0 Å². The lowest BCUT2D eigenvalue weighted by Crippen LogP contribution is -2.26. The van der Waals surface area contributed by atoms with Gasteiger partial charge in [0, 0.05) is 14.1 Å². The molecular formula is C18H16ClN5O. The van der Waals surface area contributed by atoms with Gasteiger partial charge >= 0.3 is 0 Å². The molecule has 0 aliphatic carbocycles. The summed E-state index contributed by atoms with van der Waals surface area (Å²) in [6, 6.07) is 13.1. The lowest BCUT2D eigenvalue weighted by atomic mass is 10.3. The first kappa shape index (κ1) is 15.7. The smallest absolute Gasteiger partial charge is 0.218 e. The number of para-hydroxylation sites is 3. The number of nitrogens with zero attached hydrogens (tertiary/aromatic N) is 4. The fraction of sp³-hybridized carbons (Fsp3) is 0.167. The number of aromatic nitrogens is 4. The van der Waals surface area contributed by atoms with Crippen molar-refractivity contribution < 1.29 is 4.79 Å². The van der Waals surface area contributed by atoms with Crippen molar-refractivity contribution in [2.24, 2.45) is 14.1 Å². The first-order valence-corrected chi connectivity index (χ1v) is 8.20. The average molecular weight is 354 g/mol. The third-order valence-corrected chi connectivity index (χ3v) is 4.81. The molecule has 0 bridgehead atoms. The Kier molecular flexibility index (Phi) is 3.51. The Morgan fingerprint density at radius 1 is 1.08 bits per heavy atom. The zero-order valence-corrected chi connectivity index (χ0v) is 14.6. The van der Waals surface area contributed by atoms with Crippen LogP contribution in [0.2, 0.25) is 5.02 Å². The lowest BCUT2D eigenvalue weighted by molar-refractivity contribution is 0.0959. The molecule has 25 heavy (non-hydrogen) atoms. The molecule has 0 unspecified atom stereocenters. The van der Waals surface area contributed by atoms with E-state index in [0.29, 0.717) is 10.8 Å². The third kappa shape index (κ3) is 2.29. The molecule has 0 aliphatic rings. The van der Waals surface area contributed by atoms with Crippen LogP contribution in [0.4, 0.5) is 0 Å². The van der Waals surface area contributed by atoms with E-state index in [0.717, 1.165) is 22.1 Å². The second-order valence-electron chi connectivity index (χ2n) is 5.98. The number of rotatable bonds is 3. The van der Waals surface area contributed by atoms with E-state index in [-0.39, 0.29) is 17.9 Å². The molecule has 6 nitrogen and oxygen atoms in total. The van der Waals surface area contributed by atoms with Crippen LogP contribution in [-0.2, 0) is 20.6 Å². The molecule has 0 fully saturated rings. The van der Waals surface area contributed by atoms with Gasteiger partial charge in [-0.05, 0) is 24.3 Å². The summed E-state index contributed by atoms with van der Waals surface area (Å²) in [5, 5.41) is 8.88. The Bertz CT molecular complexity index is 1200. The fourth-order valence-corrected chi connectivity index (χ4v) is 3.52. The summed E-state index contributed by atoms with van der Waals surface area (Å²) >= 11 is 6.26. The predicted octanol–water partition coefficient (Wildman–Crippen LogP) is 2.88. The Balaban J connectivity index is 1.82. The highest BCUT2D eigenvalue weighted by molar-refractivity contribution is 6.35. The van der Waals surface area contributed by atoms with Crippen LogP contribution >= 0.6 is 11.6 Å². The normalized spacial score (nSPS) is 11.5. The maximum absolute atomic E-state index is 12.9. The van der Waals surface area contributed by atoms with Gasteiger partial charge < -0.3 is 13.7 Å². The van der Waals surface area contributed by atoms with Gasteiger partial charge in [0.2, 0.25) is 11.4 Å². The summed E-state index contributed by atoms with van der Waals surface area (Å²) in [5.74, 6) is 0.233. The summed E-state index contributed by atoms with van der Waals surface area (Å²) in [5.41, 5.74) is 3.41. The summed E-state index contributed by atoms with van der Waals surface area (Å²) in [7, 11) is 3.60. The van der Waals surface area contributed by atoms with Crippen molar-refractivity contribution in [1.82, 2.24) is 18.7 Å². The van der Waals surface area contributed by atoms with Gasteiger partial charge in [-0.25, -0.2) is 4.98 Å². The van der Waals surface area contributed by atoms with Gasteiger partial charge in [0.1, 0.15) is 0 Å². The van der Waals surface area contributed by atoms with Crippen LogP contribution in [0, 0.1) is 5.41 Å². The van der Waals surface area contributed by atoms with Gasteiger partial charge in [0.25, 0.3) is 0 Å². The summed E-state index contributed by atoms with van der Waals surface area (Å²) in [6.45, 7) is 0.0354. The van der Waals surface area contributed by atoms with Crippen molar-refractivity contribution in [3.8, 4) is 0 Å². The Morgan fingerprint density at radius 3 is 2.56 bits per heavy atom. The highest BCUT2D eigenvalue weighted by atomic mass is 35.5. The molecular weight excluding hydrogens is 338 g/mol. The molecule has 0 aliphatic heterocycles. The van der Waals surface area contributed by atoms with Crippen LogP contribution in [0.1, 0.15) is 10.6 Å². The number of nitrogens with one attached hydrogen (secondary N) is 1. The summed E-state index contributed by atoms with van der Waals surface area (Å²) in [6.07, 6.45) is 0. The number of hydrogen-bond donors (Lipinski definition) is 1. The lowest BCUT2D eigenvalue weighted by Gasteiger charge is -2.04. The van der Waals surface area contributed by atoms with E-state index in [9.17, 15) is 4.79 Å². The molecule has 0 spiro atoms. The average Bonchev–Trinajstić information content (AvgIpc) is 3.06. The number of Topliss-reactive ketones (excluding diaryl/α,β-unsaturated/α-hetero) is 1. The van der Waals surface area contributed by atoms with Crippen molar-refractivity contribution in [3.05, 3.63) is 58.9 Å². The summed E-state index contributed by atoms with van der Waals surface area (Å²) < 4.78 is 5.13. The van der Waals surface area contributed by atoms with Gasteiger partial charge in [0.15, 0.2) is 5.82 Å². The topological polar surface area (TPSA) is 68.6 Å². The van der Waals surface area contributed by atoms with Crippen molar-refractivity contribution in [2.45, 2.75) is 6.54 Å². The summed E-state index contributed by atoms with van der Waals surface area (Å²) in [4.78, 5) is 17.3. The molecule has 1 N–H and O–H groups in total. The van der Waals surface area contributed by atoms with Gasteiger partial charge in [-0.1, -0.05) is 29.8 Å². The van der Waals surface area contributed by atoms with E-state index in [2.05, 4.69) is 4.98 Å². The molecule has 2 aromatic heterocycles. The molecule has 4 rings (SSSR count). The van der Waals surface area contributed by atoms with Crippen LogP contribution in [-0.4, -0.2) is 24.5 Å². The first-order valence-electron chi connectivity index (χ1n) is 7.82. The van der Waals surface area contributed by atoms with Crippen molar-refractivity contribution in [3.63, 3.8) is 0 Å². The van der Waals surface area contributed by atoms with E-state index in [1.807, 2.05) is 43.4 Å². The van der Waals surface area contributed by atoms with Crippen LogP contribution in [0.3, 0.4) is 0 Å². The van der Waals surface area contributed by atoms with Crippen LogP contribution < -0.4 is 5.62 Å². The monoisotopic (exact) mass is 353 g/mol. The minimum atomic E-state index is -0.148. The number of benzene rings is 2. The maximum Gasteiger partial charge on any atom is 0.218 e. The van der Waals surface area contributed by atoms with Crippen LogP contribution in [0.5, 0.6) is 0 Å². The molecule has 126 valence electrons. The Morgan fingerprint density at radius 2 is 1.80 bits per heavy atom. The van der Waals surface area contributed by atoms with Gasteiger partial charge in [0.05, 0.1) is 33.6 Å². The number of fused-ring (bicyclic) bond motifs is 2. The zero-order valence-electron chi connectivity index (χ0n) is 13.8.